The molecule has 0 bridgehead atoms. The Kier molecular flexibility index (Phi) is 17.8. The molecule has 0 radical (unpaired) electrons. The Balaban J connectivity index is 1.89. The second kappa shape index (κ2) is 19.7. The molecule has 0 atom stereocenters. The first-order valence-electron chi connectivity index (χ1n) is 12.2. The van der Waals surface area contributed by atoms with E-state index >= 15 is 0 Å². The zero-order chi connectivity index (χ0) is 25.8. The molecule has 1 fully saturated rings. The summed E-state index contributed by atoms with van der Waals surface area (Å²) in [6, 6.07) is 0. The number of carbonyl (C=O) groups is 3. The summed E-state index contributed by atoms with van der Waals surface area (Å²) in [4.78, 5) is 36.6. The number of hydrogen-bond donors (Lipinski definition) is 3. The molecule has 0 aromatic heterocycles. The van der Waals surface area contributed by atoms with E-state index < -0.39 is 5.97 Å². The van der Waals surface area contributed by atoms with Gasteiger partial charge in [0.15, 0.2) is 0 Å². The van der Waals surface area contributed by atoms with Crippen LogP contribution in [0.5, 0.6) is 0 Å². The Morgan fingerprint density at radius 3 is 2.00 bits per heavy atom. The van der Waals surface area contributed by atoms with Gasteiger partial charge in [0.25, 0.3) is 0 Å². The number of piperazine rings is 1. The van der Waals surface area contributed by atoms with Gasteiger partial charge in [-0.1, -0.05) is 13.8 Å². The fourth-order valence-electron chi connectivity index (χ4n) is 3.05. The van der Waals surface area contributed by atoms with Crippen molar-refractivity contribution in [2.75, 3.05) is 91.3 Å². The highest BCUT2D eigenvalue weighted by molar-refractivity contribution is 8.01. The summed E-state index contributed by atoms with van der Waals surface area (Å²) < 4.78 is 21.1. The van der Waals surface area contributed by atoms with Gasteiger partial charge in [0, 0.05) is 43.9 Å². The molecule has 35 heavy (non-hydrogen) atoms. The number of carboxylic acid groups (broad SMARTS) is 1. The molecule has 0 spiro atoms. The van der Waals surface area contributed by atoms with E-state index in [2.05, 4.69) is 24.5 Å². The van der Waals surface area contributed by atoms with Crippen molar-refractivity contribution in [3.05, 3.63) is 0 Å². The number of carboxylic acids is 1. The third kappa shape index (κ3) is 18.5. The second-order valence-corrected chi connectivity index (χ2v) is 10.3. The largest absolute Gasteiger partial charge is 0.481 e. The Morgan fingerprint density at radius 2 is 1.43 bits per heavy atom. The van der Waals surface area contributed by atoms with E-state index in [0.29, 0.717) is 65.0 Å². The molecule has 0 unspecified atom stereocenters. The summed E-state index contributed by atoms with van der Waals surface area (Å²) in [6.07, 6.45) is 1.24. The van der Waals surface area contributed by atoms with Crippen molar-refractivity contribution in [1.82, 2.24) is 15.5 Å². The fourth-order valence-corrected chi connectivity index (χ4v) is 3.92. The first-order chi connectivity index (χ1) is 16.8. The van der Waals surface area contributed by atoms with Crippen LogP contribution in [-0.2, 0) is 33.3 Å². The molecule has 1 heterocycles. The van der Waals surface area contributed by atoms with Crippen molar-refractivity contribution in [2.24, 2.45) is 0 Å². The lowest BCUT2D eigenvalue weighted by molar-refractivity contribution is -0.138. The molecule has 0 aromatic rings. The molecule has 2 amide bonds. The third-order valence-corrected chi connectivity index (χ3v) is 6.54. The van der Waals surface area contributed by atoms with Crippen LogP contribution >= 0.6 is 11.8 Å². The average molecular weight is 522 g/mol. The van der Waals surface area contributed by atoms with E-state index in [9.17, 15) is 14.4 Å². The van der Waals surface area contributed by atoms with Crippen molar-refractivity contribution < 1.29 is 38.4 Å². The molecule has 1 rings (SSSR count). The lowest BCUT2D eigenvalue weighted by atomic mass is 10.1. The van der Waals surface area contributed by atoms with Crippen LogP contribution in [0.2, 0.25) is 0 Å². The molecule has 12 heteroatoms. The number of thioether (sulfide) groups is 1. The van der Waals surface area contributed by atoms with Gasteiger partial charge in [0.05, 0.1) is 65.0 Å². The highest BCUT2D eigenvalue weighted by Crippen LogP contribution is 2.29. The van der Waals surface area contributed by atoms with Crippen LogP contribution in [0, 0.1) is 0 Å². The van der Waals surface area contributed by atoms with Crippen LogP contribution in [-0.4, -0.2) is 124 Å². The smallest absolute Gasteiger partial charge is 0.305 e. The fraction of sp³-hybridized carbons (Fsp3) is 0.870. The Bertz CT molecular complexity index is 603. The van der Waals surface area contributed by atoms with Gasteiger partial charge in [-0.2, -0.15) is 0 Å². The molecular formula is C23H43N3O8S. The maximum Gasteiger partial charge on any atom is 0.305 e. The maximum absolute atomic E-state index is 12.3. The van der Waals surface area contributed by atoms with Gasteiger partial charge >= 0.3 is 5.97 Å². The molecule has 0 aliphatic carbocycles. The van der Waals surface area contributed by atoms with Gasteiger partial charge in [-0.25, -0.2) is 0 Å². The summed E-state index contributed by atoms with van der Waals surface area (Å²) >= 11 is 1.56. The topological polar surface area (TPSA) is 136 Å². The van der Waals surface area contributed by atoms with Crippen LogP contribution in [0.25, 0.3) is 0 Å². The number of hydrogen-bond acceptors (Lipinski definition) is 9. The zero-order valence-electron chi connectivity index (χ0n) is 21.2. The summed E-state index contributed by atoms with van der Waals surface area (Å²) in [7, 11) is 0. The van der Waals surface area contributed by atoms with Crippen LogP contribution < -0.4 is 10.6 Å². The zero-order valence-corrected chi connectivity index (χ0v) is 22.0. The molecule has 0 saturated carbocycles. The van der Waals surface area contributed by atoms with E-state index in [1.54, 1.807) is 11.8 Å². The monoisotopic (exact) mass is 521 g/mol. The number of amides is 2. The summed E-state index contributed by atoms with van der Waals surface area (Å²) in [5.74, 6) is -0.379. The molecule has 1 aliphatic rings. The molecule has 3 N–H and O–H groups in total. The number of nitrogens with zero attached hydrogens (tertiary/aromatic N) is 1. The number of aliphatic carboxylic acids is 1. The predicted molar refractivity (Wildman–Crippen MR) is 134 cm³/mol. The lowest BCUT2D eigenvalue weighted by Crippen LogP contribution is -2.46. The number of rotatable bonds is 21. The number of carbonyl (C=O) groups excluding carboxylic acids is 2. The average Bonchev–Trinajstić information content (AvgIpc) is 2.84. The maximum atomic E-state index is 12.3. The second-order valence-electron chi connectivity index (χ2n) is 8.62. The molecule has 11 nitrogen and oxygen atoms in total. The van der Waals surface area contributed by atoms with Gasteiger partial charge in [0.1, 0.15) is 0 Å². The summed E-state index contributed by atoms with van der Waals surface area (Å²) in [5.41, 5.74) is 0. The van der Waals surface area contributed by atoms with Crippen molar-refractivity contribution in [3.8, 4) is 0 Å². The minimum Gasteiger partial charge on any atom is -0.481 e. The van der Waals surface area contributed by atoms with Crippen molar-refractivity contribution >= 4 is 29.5 Å². The van der Waals surface area contributed by atoms with Gasteiger partial charge in [0.2, 0.25) is 11.8 Å². The van der Waals surface area contributed by atoms with Crippen molar-refractivity contribution in [3.63, 3.8) is 0 Å². The van der Waals surface area contributed by atoms with E-state index in [1.165, 1.54) is 0 Å². The van der Waals surface area contributed by atoms with E-state index in [4.69, 9.17) is 24.1 Å². The molecular weight excluding hydrogens is 478 g/mol. The standard InChI is InChI=1S/C23H43N3O8S/c1-23(2,5-3-21(28)26-9-6-24-7-10-26)35-19-20(27)25-8-12-32-14-16-34-18-17-33-15-13-31-11-4-22(29)30/h24H,3-19H2,1-2H3,(H,25,27)(H,29,30). The Labute approximate surface area is 212 Å². The molecule has 204 valence electrons. The Hall–Kier alpha value is -1.44. The lowest BCUT2D eigenvalue weighted by Gasteiger charge is -2.29. The normalized spacial score (nSPS) is 14.2. The molecule has 0 aromatic carbocycles. The minimum atomic E-state index is -0.880. The van der Waals surface area contributed by atoms with Gasteiger partial charge in [-0.15, -0.1) is 11.8 Å². The Morgan fingerprint density at radius 1 is 0.886 bits per heavy atom. The first-order valence-corrected chi connectivity index (χ1v) is 13.2. The van der Waals surface area contributed by atoms with Crippen LogP contribution in [0.4, 0.5) is 0 Å². The molecule has 1 aliphatic heterocycles. The highest BCUT2D eigenvalue weighted by Gasteiger charge is 2.23. The van der Waals surface area contributed by atoms with Crippen LogP contribution in [0.1, 0.15) is 33.1 Å². The van der Waals surface area contributed by atoms with Gasteiger partial charge in [-0.3, -0.25) is 14.4 Å². The van der Waals surface area contributed by atoms with E-state index in [-0.39, 0.29) is 29.6 Å². The highest BCUT2D eigenvalue weighted by atomic mass is 32.2. The van der Waals surface area contributed by atoms with Gasteiger partial charge in [-0.05, 0) is 6.42 Å². The summed E-state index contributed by atoms with van der Waals surface area (Å²) in [6.45, 7) is 10.9. The third-order valence-electron chi connectivity index (χ3n) is 5.15. The minimum absolute atomic E-state index is 0.00926. The first kappa shape index (κ1) is 31.6. The van der Waals surface area contributed by atoms with Crippen LogP contribution in [0.3, 0.4) is 0 Å². The number of ether oxygens (including phenoxy) is 4. The van der Waals surface area contributed by atoms with Crippen LogP contribution in [0.15, 0.2) is 0 Å². The van der Waals surface area contributed by atoms with Gasteiger partial charge < -0.3 is 39.6 Å². The molecule has 1 saturated heterocycles. The van der Waals surface area contributed by atoms with E-state index in [1.807, 2.05) is 4.90 Å². The summed E-state index contributed by atoms with van der Waals surface area (Å²) in [5, 5.41) is 14.6. The number of nitrogens with one attached hydrogen (secondary N) is 2. The van der Waals surface area contributed by atoms with Crippen molar-refractivity contribution in [2.45, 2.75) is 37.9 Å². The van der Waals surface area contributed by atoms with E-state index in [0.717, 1.165) is 32.6 Å². The van der Waals surface area contributed by atoms with Crippen molar-refractivity contribution in [1.29, 1.82) is 0 Å². The SMILES string of the molecule is CC(C)(CCC(=O)N1CCNCC1)SCC(=O)NCCOCCOCCOCCOCCC(=O)O. The quantitative estimate of drug-likeness (QED) is 0.182. The predicted octanol–water partition coefficient (Wildman–Crippen LogP) is 0.368.